The van der Waals surface area contributed by atoms with Gasteiger partial charge in [0.05, 0.1) is 13.2 Å². The molecule has 0 spiro atoms. The average Bonchev–Trinajstić information content (AvgIpc) is 3.80. The van der Waals surface area contributed by atoms with E-state index in [1.165, 1.54) is 12.7 Å². The van der Waals surface area contributed by atoms with Crippen molar-refractivity contribution in [2.75, 3.05) is 33.3 Å². The maximum absolute atomic E-state index is 13.9. The molecule has 0 aromatic heterocycles. The molecule has 2 heterocycles. The van der Waals surface area contributed by atoms with E-state index >= 15 is 0 Å². The number of methoxy groups -OCH3 is 1. The molecule has 2 N–H and O–H groups in total. The van der Waals surface area contributed by atoms with Gasteiger partial charge in [-0.2, -0.15) is 0 Å². The second kappa shape index (κ2) is 18.4. The molecule has 0 unspecified atom stereocenters. The fourth-order valence-electron chi connectivity index (χ4n) is 7.01. The lowest BCUT2D eigenvalue weighted by Crippen LogP contribution is -2.49. The summed E-state index contributed by atoms with van der Waals surface area (Å²) in [5.74, 6) is -0.128. The Kier molecular flexibility index (Phi) is 13.4. The lowest BCUT2D eigenvalue weighted by molar-refractivity contribution is -0.146. The summed E-state index contributed by atoms with van der Waals surface area (Å²) in [6, 6.07) is 29.4. The minimum Gasteiger partial charge on any atom is -0.468 e. The van der Waals surface area contributed by atoms with Gasteiger partial charge in [0, 0.05) is 25.2 Å². The van der Waals surface area contributed by atoms with Gasteiger partial charge in [-0.1, -0.05) is 91.0 Å². The minimum atomic E-state index is -0.438. The number of rotatable bonds is 16. The Bertz CT molecular complexity index is 1420. The maximum atomic E-state index is 13.9. The van der Waals surface area contributed by atoms with Crippen LogP contribution in [0.3, 0.4) is 0 Å². The summed E-state index contributed by atoms with van der Waals surface area (Å²) < 4.78 is 10.6. The molecular weight excluding hydrogens is 604 g/mol. The van der Waals surface area contributed by atoms with Crippen LogP contribution in [0, 0.1) is 0 Å². The normalized spacial score (nSPS) is 19.4. The van der Waals surface area contributed by atoms with Crippen LogP contribution in [0.15, 0.2) is 91.0 Å². The van der Waals surface area contributed by atoms with Crippen molar-refractivity contribution in [3.63, 3.8) is 0 Å². The lowest BCUT2D eigenvalue weighted by atomic mass is 10.0. The fraction of sp³-hybridized carbons (Fsp3) is 0.462. The molecule has 256 valence electrons. The SMILES string of the molecule is COC(=O)[C@@H]1CCCN1CC[C@@H](Cc1ccccc1)NC(=O)[C@@H]1CCCN1CC[C@@H](Cc1ccccc1)NC(=O)OCc1ccccc1. The molecule has 9 heteroatoms. The minimum absolute atomic E-state index is 0.0502. The van der Waals surface area contributed by atoms with E-state index in [4.69, 9.17) is 9.47 Å². The van der Waals surface area contributed by atoms with Gasteiger partial charge in [0.15, 0.2) is 0 Å². The van der Waals surface area contributed by atoms with Crippen LogP contribution < -0.4 is 10.6 Å². The van der Waals surface area contributed by atoms with Gasteiger partial charge in [0.2, 0.25) is 5.91 Å². The van der Waals surface area contributed by atoms with Crippen LogP contribution in [0.5, 0.6) is 0 Å². The molecule has 2 saturated heterocycles. The van der Waals surface area contributed by atoms with Gasteiger partial charge in [-0.15, -0.1) is 0 Å². The molecular formula is C39H50N4O5. The molecule has 9 nitrogen and oxygen atoms in total. The standard InChI is InChI=1S/C39H50N4O5/c1-47-38(45)36-20-12-24-43(36)26-21-33(27-30-13-5-2-6-14-30)40-37(44)35-19-11-23-42(35)25-22-34(28-31-15-7-3-8-16-31)41-39(46)48-29-32-17-9-4-10-18-32/h2-10,13-18,33-36H,11-12,19-29H2,1H3,(H,40,44)(H,41,46)/t33-,34-,35-,36-/m0/s1. The lowest BCUT2D eigenvalue weighted by Gasteiger charge is -2.29. The molecule has 3 aromatic carbocycles. The predicted molar refractivity (Wildman–Crippen MR) is 186 cm³/mol. The zero-order chi connectivity index (χ0) is 33.6. The Morgan fingerprint density at radius 1 is 0.688 bits per heavy atom. The summed E-state index contributed by atoms with van der Waals surface area (Å²) in [6.07, 6.45) is 5.93. The number of hydrogen-bond acceptors (Lipinski definition) is 7. The van der Waals surface area contributed by atoms with Crippen LogP contribution in [0.2, 0.25) is 0 Å². The first-order valence-electron chi connectivity index (χ1n) is 17.4. The number of likely N-dealkylation sites (tertiary alicyclic amines) is 2. The average molecular weight is 655 g/mol. The van der Waals surface area contributed by atoms with Gasteiger partial charge < -0.3 is 20.1 Å². The van der Waals surface area contributed by atoms with Gasteiger partial charge in [-0.25, -0.2) is 4.79 Å². The van der Waals surface area contributed by atoms with Crippen LogP contribution in [0.25, 0.3) is 0 Å². The quantitative estimate of drug-likeness (QED) is 0.207. The molecule has 2 amide bonds. The maximum Gasteiger partial charge on any atom is 0.407 e. The second-order valence-corrected chi connectivity index (χ2v) is 13.0. The molecule has 5 rings (SSSR count). The van der Waals surface area contributed by atoms with Crippen molar-refractivity contribution in [2.45, 2.75) is 82.1 Å². The van der Waals surface area contributed by atoms with Crippen molar-refractivity contribution in [2.24, 2.45) is 0 Å². The summed E-state index contributed by atoms with van der Waals surface area (Å²) in [5, 5.41) is 6.49. The van der Waals surface area contributed by atoms with Crippen molar-refractivity contribution in [3.05, 3.63) is 108 Å². The van der Waals surface area contributed by atoms with E-state index < -0.39 is 6.09 Å². The van der Waals surface area contributed by atoms with Crippen molar-refractivity contribution in [1.82, 2.24) is 20.4 Å². The highest BCUT2D eigenvalue weighted by atomic mass is 16.5. The molecule has 2 aliphatic heterocycles. The van der Waals surface area contributed by atoms with E-state index in [0.29, 0.717) is 19.4 Å². The topological polar surface area (TPSA) is 100 Å². The van der Waals surface area contributed by atoms with E-state index in [9.17, 15) is 14.4 Å². The van der Waals surface area contributed by atoms with Crippen molar-refractivity contribution < 1.29 is 23.9 Å². The number of hydrogen-bond donors (Lipinski definition) is 2. The van der Waals surface area contributed by atoms with Crippen molar-refractivity contribution in [1.29, 1.82) is 0 Å². The molecule has 4 atom stereocenters. The summed E-state index contributed by atoms with van der Waals surface area (Å²) in [5.41, 5.74) is 3.25. The monoisotopic (exact) mass is 654 g/mol. The largest absolute Gasteiger partial charge is 0.468 e. The zero-order valence-electron chi connectivity index (χ0n) is 28.1. The van der Waals surface area contributed by atoms with Crippen LogP contribution in [0.1, 0.15) is 55.2 Å². The predicted octanol–water partition coefficient (Wildman–Crippen LogP) is 5.13. The molecule has 0 bridgehead atoms. The number of esters is 1. The van der Waals surface area contributed by atoms with Crippen LogP contribution in [0.4, 0.5) is 4.79 Å². The van der Waals surface area contributed by atoms with E-state index in [0.717, 1.165) is 69.3 Å². The van der Waals surface area contributed by atoms with Gasteiger partial charge in [-0.3, -0.25) is 19.4 Å². The third kappa shape index (κ3) is 10.7. The Balaban J connectivity index is 1.19. The van der Waals surface area contributed by atoms with Crippen LogP contribution in [-0.2, 0) is 38.5 Å². The number of amides is 2. The molecule has 0 radical (unpaired) electrons. The Labute approximate surface area is 285 Å². The van der Waals surface area contributed by atoms with E-state index in [-0.39, 0.29) is 42.7 Å². The third-order valence-corrected chi connectivity index (χ3v) is 9.56. The molecule has 2 fully saturated rings. The first-order valence-corrected chi connectivity index (χ1v) is 17.4. The number of carbonyl (C=O) groups excluding carboxylic acids is 3. The van der Waals surface area contributed by atoms with Gasteiger partial charge in [0.1, 0.15) is 12.6 Å². The number of nitrogens with zero attached hydrogens (tertiary/aromatic N) is 2. The van der Waals surface area contributed by atoms with Crippen molar-refractivity contribution in [3.8, 4) is 0 Å². The van der Waals surface area contributed by atoms with Crippen LogP contribution in [-0.4, -0.2) is 85.2 Å². The first kappa shape index (κ1) is 35.1. The number of benzene rings is 3. The molecule has 0 saturated carbocycles. The van der Waals surface area contributed by atoms with E-state index in [1.807, 2.05) is 66.7 Å². The Morgan fingerprint density at radius 3 is 1.71 bits per heavy atom. The number of ether oxygens (including phenoxy) is 2. The molecule has 0 aliphatic carbocycles. The van der Waals surface area contributed by atoms with Gasteiger partial charge in [0.25, 0.3) is 0 Å². The second-order valence-electron chi connectivity index (χ2n) is 13.0. The number of alkyl carbamates (subject to hydrolysis) is 1. The zero-order valence-corrected chi connectivity index (χ0v) is 28.1. The van der Waals surface area contributed by atoms with Gasteiger partial charge >= 0.3 is 12.1 Å². The summed E-state index contributed by atoms with van der Waals surface area (Å²) in [6.45, 7) is 3.32. The van der Waals surface area contributed by atoms with E-state index in [1.54, 1.807) is 0 Å². The first-order chi connectivity index (χ1) is 23.5. The summed E-state index contributed by atoms with van der Waals surface area (Å²) in [7, 11) is 1.45. The van der Waals surface area contributed by atoms with Gasteiger partial charge in [-0.05, 0) is 81.1 Å². The Morgan fingerprint density at radius 2 is 1.17 bits per heavy atom. The molecule has 3 aromatic rings. The Hall–Kier alpha value is -4.21. The highest BCUT2D eigenvalue weighted by Gasteiger charge is 2.34. The van der Waals surface area contributed by atoms with E-state index in [2.05, 4.69) is 44.7 Å². The van der Waals surface area contributed by atoms with Crippen molar-refractivity contribution >= 4 is 18.0 Å². The molecule has 2 aliphatic rings. The molecule has 48 heavy (non-hydrogen) atoms. The fourth-order valence-corrected chi connectivity index (χ4v) is 7.01. The highest BCUT2D eigenvalue weighted by Crippen LogP contribution is 2.22. The highest BCUT2D eigenvalue weighted by molar-refractivity contribution is 5.82. The summed E-state index contributed by atoms with van der Waals surface area (Å²) >= 11 is 0. The number of carbonyl (C=O) groups is 3. The third-order valence-electron chi connectivity index (χ3n) is 9.56. The smallest absolute Gasteiger partial charge is 0.407 e. The summed E-state index contributed by atoms with van der Waals surface area (Å²) in [4.78, 5) is 43.5. The number of nitrogens with one attached hydrogen (secondary N) is 2. The van der Waals surface area contributed by atoms with Crippen LogP contribution >= 0.6 is 0 Å².